The molecule has 0 fully saturated rings. The van der Waals surface area contributed by atoms with Gasteiger partial charge >= 0.3 is 5.97 Å². The maximum atomic E-state index is 12.1. The lowest BCUT2D eigenvalue weighted by molar-refractivity contribution is 0.0698. The monoisotopic (exact) mass is 385 g/mol. The van der Waals surface area contributed by atoms with Gasteiger partial charge < -0.3 is 10.4 Å². The molecule has 1 aromatic carbocycles. The van der Waals surface area contributed by atoms with Crippen molar-refractivity contribution in [2.45, 2.75) is 6.92 Å². The molecule has 2 aromatic rings. The molecule has 0 spiro atoms. The van der Waals surface area contributed by atoms with Crippen LogP contribution >= 0.6 is 22.6 Å². The number of carboxylic acids is 1. The summed E-state index contributed by atoms with van der Waals surface area (Å²) < 4.78 is 2.33. The molecule has 1 amide bonds. The van der Waals surface area contributed by atoms with Crippen LogP contribution in [-0.4, -0.2) is 26.8 Å². The average Bonchev–Trinajstić information content (AvgIpc) is 2.70. The molecule has 0 saturated carbocycles. The molecule has 2 N–H and O–H groups in total. The fraction of sp³-hybridized carbons (Fsp3) is 0.154. The van der Waals surface area contributed by atoms with Crippen LogP contribution in [0.2, 0.25) is 0 Å². The number of benzene rings is 1. The first-order valence-corrected chi connectivity index (χ1v) is 6.81. The van der Waals surface area contributed by atoms with Crippen molar-refractivity contribution in [3.8, 4) is 0 Å². The zero-order valence-electron chi connectivity index (χ0n) is 10.8. The topological polar surface area (TPSA) is 84.2 Å². The lowest BCUT2D eigenvalue weighted by Gasteiger charge is -2.08. The van der Waals surface area contributed by atoms with E-state index in [0.717, 1.165) is 3.57 Å². The molecule has 0 bridgehead atoms. The number of aromatic carboxylic acids is 1. The minimum absolute atomic E-state index is 0.0618. The molecule has 7 heteroatoms. The van der Waals surface area contributed by atoms with E-state index in [2.05, 4.69) is 10.4 Å². The van der Waals surface area contributed by atoms with Crippen molar-refractivity contribution in [2.75, 3.05) is 5.32 Å². The molecular formula is C13H12IN3O3. The highest BCUT2D eigenvalue weighted by Crippen LogP contribution is 2.20. The number of rotatable bonds is 3. The smallest absolute Gasteiger partial charge is 0.337 e. The zero-order chi connectivity index (χ0) is 14.9. The Bertz CT molecular complexity index is 694. The van der Waals surface area contributed by atoms with E-state index in [-0.39, 0.29) is 17.2 Å². The second-order valence-corrected chi connectivity index (χ2v) is 5.50. The second-order valence-electron chi connectivity index (χ2n) is 4.25. The molecule has 0 aliphatic heterocycles. The van der Waals surface area contributed by atoms with Crippen LogP contribution < -0.4 is 5.32 Å². The molecule has 0 aliphatic carbocycles. The van der Waals surface area contributed by atoms with E-state index in [9.17, 15) is 9.59 Å². The summed E-state index contributed by atoms with van der Waals surface area (Å²) in [5.41, 5.74) is 1.34. The number of hydrogen-bond donors (Lipinski definition) is 2. The molecule has 0 unspecified atom stereocenters. The maximum absolute atomic E-state index is 12.1. The summed E-state index contributed by atoms with van der Waals surface area (Å²) in [6, 6.07) is 4.82. The largest absolute Gasteiger partial charge is 0.478 e. The molecule has 1 aromatic heterocycles. The first kappa shape index (κ1) is 14.5. The minimum Gasteiger partial charge on any atom is -0.478 e. The van der Waals surface area contributed by atoms with Crippen molar-refractivity contribution < 1.29 is 14.7 Å². The SMILES string of the molecule is Cc1nn(C)cc1C(=O)Nc1ccc(I)cc1C(=O)O. The third-order valence-electron chi connectivity index (χ3n) is 2.72. The van der Waals surface area contributed by atoms with Gasteiger partial charge in [0, 0.05) is 16.8 Å². The number of aromatic nitrogens is 2. The fourth-order valence-corrected chi connectivity index (χ4v) is 2.31. The van der Waals surface area contributed by atoms with Gasteiger partial charge in [-0.05, 0) is 47.7 Å². The summed E-state index contributed by atoms with van der Waals surface area (Å²) in [6.07, 6.45) is 1.60. The predicted octanol–water partition coefficient (Wildman–Crippen LogP) is 2.28. The molecular weight excluding hydrogens is 373 g/mol. The van der Waals surface area contributed by atoms with Crippen molar-refractivity contribution in [3.63, 3.8) is 0 Å². The lowest BCUT2D eigenvalue weighted by Crippen LogP contribution is -2.15. The summed E-state index contributed by atoms with van der Waals surface area (Å²) in [5.74, 6) is -1.46. The van der Waals surface area contributed by atoms with E-state index in [1.807, 2.05) is 22.6 Å². The van der Waals surface area contributed by atoms with E-state index >= 15 is 0 Å². The van der Waals surface area contributed by atoms with Gasteiger partial charge in [0.05, 0.1) is 22.5 Å². The minimum atomic E-state index is -1.08. The van der Waals surface area contributed by atoms with E-state index in [0.29, 0.717) is 11.3 Å². The number of carboxylic acid groups (broad SMARTS) is 1. The quantitative estimate of drug-likeness (QED) is 0.795. The van der Waals surface area contributed by atoms with Gasteiger partial charge in [-0.3, -0.25) is 9.48 Å². The number of aryl methyl sites for hydroxylation is 2. The van der Waals surface area contributed by atoms with Crippen molar-refractivity contribution >= 4 is 40.2 Å². The van der Waals surface area contributed by atoms with Gasteiger partial charge in [0.15, 0.2) is 0 Å². The Morgan fingerprint density at radius 1 is 1.35 bits per heavy atom. The van der Waals surface area contributed by atoms with Crippen LogP contribution in [0.3, 0.4) is 0 Å². The van der Waals surface area contributed by atoms with Crippen LogP contribution in [-0.2, 0) is 7.05 Å². The van der Waals surface area contributed by atoms with Gasteiger partial charge in [-0.15, -0.1) is 0 Å². The van der Waals surface area contributed by atoms with Crippen LogP contribution in [0.25, 0.3) is 0 Å². The van der Waals surface area contributed by atoms with Gasteiger partial charge in [-0.1, -0.05) is 0 Å². The molecule has 1 heterocycles. The first-order valence-electron chi connectivity index (χ1n) is 5.73. The van der Waals surface area contributed by atoms with Gasteiger partial charge in [0.25, 0.3) is 5.91 Å². The number of carbonyl (C=O) groups excluding carboxylic acids is 1. The maximum Gasteiger partial charge on any atom is 0.337 e. The Balaban J connectivity index is 2.33. The summed E-state index contributed by atoms with van der Waals surface area (Å²) in [6.45, 7) is 1.72. The number of nitrogens with zero attached hydrogens (tertiary/aromatic N) is 2. The Kier molecular flexibility index (Phi) is 4.07. The summed E-state index contributed by atoms with van der Waals surface area (Å²) in [7, 11) is 1.72. The summed E-state index contributed by atoms with van der Waals surface area (Å²) in [4.78, 5) is 23.3. The zero-order valence-corrected chi connectivity index (χ0v) is 13.0. The summed E-state index contributed by atoms with van der Waals surface area (Å²) in [5, 5.41) is 15.9. The van der Waals surface area contributed by atoms with Crippen LogP contribution in [0.1, 0.15) is 26.4 Å². The van der Waals surface area contributed by atoms with E-state index in [1.165, 1.54) is 10.7 Å². The van der Waals surface area contributed by atoms with Gasteiger partial charge in [-0.25, -0.2) is 4.79 Å². The predicted molar refractivity (Wildman–Crippen MR) is 82.0 cm³/mol. The van der Waals surface area contributed by atoms with Gasteiger partial charge in [-0.2, -0.15) is 5.10 Å². The van der Waals surface area contributed by atoms with Crippen molar-refractivity contribution in [1.29, 1.82) is 0 Å². The fourth-order valence-electron chi connectivity index (χ4n) is 1.81. The number of anilines is 1. The molecule has 0 radical (unpaired) electrons. The van der Waals surface area contributed by atoms with Crippen molar-refractivity contribution in [1.82, 2.24) is 9.78 Å². The van der Waals surface area contributed by atoms with Crippen LogP contribution in [0.5, 0.6) is 0 Å². The number of hydrogen-bond acceptors (Lipinski definition) is 3. The van der Waals surface area contributed by atoms with E-state index < -0.39 is 5.97 Å². The number of amides is 1. The molecule has 20 heavy (non-hydrogen) atoms. The molecule has 0 saturated heterocycles. The highest BCUT2D eigenvalue weighted by molar-refractivity contribution is 14.1. The standard InChI is InChI=1S/C13H12IN3O3/c1-7-10(6-17(2)16-7)12(18)15-11-4-3-8(14)5-9(11)13(19)20/h3-6H,1-2H3,(H,15,18)(H,19,20). The highest BCUT2D eigenvalue weighted by Gasteiger charge is 2.16. The second kappa shape index (κ2) is 5.61. The van der Waals surface area contributed by atoms with Crippen LogP contribution in [0, 0.1) is 10.5 Å². The molecule has 2 rings (SSSR count). The highest BCUT2D eigenvalue weighted by atomic mass is 127. The first-order chi connectivity index (χ1) is 9.38. The third kappa shape index (κ3) is 2.98. The van der Waals surface area contributed by atoms with E-state index in [4.69, 9.17) is 5.11 Å². The average molecular weight is 385 g/mol. The Labute approximate surface area is 128 Å². The molecule has 0 aliphatic rings. The van der Waals surface area contributed by atoms with Gasteiger partial charge in [0.2, 0.25) is 0 Å². The van der Waals surface area contributed by atoms with Crippen LogP contribution in [0.15, 0.2) is 24.4 Å². The Morgan fingerprint density at radius 2 is 2.05 bits per heavy atom. The van der Waals surface area contributed by atoms with Crippen LogP contribution in [0.4, 0.5) is 5.69 Å². The molecule has 104 valence electrons. The van der Waals surface area contributed by atoms with Crippen molar-refractivity contribution in [2.24, 2.45) is 7.05 Å². The Morgan fingerprint density at radius 3 is 2.60 bits per heavy atom. The molecule has 6 nitrogen and oxygen atoms in total. The number of carbonyl (C=O) groups is 2. The van der Waals surface area contributed by atoms with E-state index in [1.54, 1.807) is 32.3 Å². The summed E-state index contributed by atoms with van der Waals surface area (Å²) >= 11 is 2.02. The number of halogens is 1. The van der Waals surface area contributed by atoms with Crippen molar-refractivity contribution in [3.05, 3.63) is 44.8 Å². The third-order valence-corrected chi connectivity index (χ3v) is 3.39. The normalized spacial score (nSPS) is 10.3. The van der Waals surface area contributed by atoms with Gasteiger partial charge in [0.1, 0.15) is 0 Å². The lowest BCUT2D eigenvalue weighted by atomic mass is 10.1. The Hall–Kier alpha value is -1.90. The number of nitrogens with one attached hydrogen (secondary N) is 1. The molecule has 0 atom stereocenters.